The van der Waals surface area contributed by atoms with Gasteiger partial charge in [-0.2, -0.15) is 5.26 Å². The fourth-order valence-corrected chi connectivity index (χ4v) is 0.902. The lowest BCUT2D eigenvalue weighted by atomic mass is 10.0. The van der Waals surface area contributed by atoms with Crippen molar-refractivity contribution in [2.45, 2.75) is 44.4 Å². The smallest absolute Gasteiger partial charge is 0.130 e. The Labute approximate surface area is 68.0 Å². The Kier molecular flexibility index (Phi) is 4.47. The van der Waals surface area contributed by atoms with Gasteiger partial charge >= 0.3 is 0 Å². The van der Waals surface area contributed by atoms with Gasteiger partial charge in [-0.15, -0.1) is 11.6 Å². The normalized spacial score (nSPS) is 15.8. The second-order valence-electron chi connectivity index (χ2n) is 2.53. The van der Waals surface area contributed by atoms with E-state index in [1.165, 1.54) is 0 Å². The molecule has 0 radical (unpaired) electrons. The molecule has 0 aromatic carbocycles. The number of hydrogen-bond donors (Lipinski definition) is 0. The summed E-state index contributed by atoms with van der Waals surface area (Å²) < 4.78 is 0. The summed E-state index contributed by atoms with van der Waals surface area (Å²) >= 11 is 5.93. The molecule has 0 saturated heterocycles. The van der Waals surface area contributed by atoms with Crippen LogP contribution in [0.2, 0.25) is 0 Å². The summed E-state index contributed by atoms with van der Waals surface area (Å²) in [7, 11) is 0. The van der Waals surface area contributed by atoms with Crippen molar-refractivity contribution >= 4 is 11.6 Å². The largest absolute Gasteiger partial charge is 0.196 e. The van der Waals surface area contributed by atoms with Crippen molar-refractivity contribution in [2.75, 3.05) is 0 Å². The van der Waals surface area contributed by atoms with Gasteiger partial charge in [0.15, 0.2) is 0 Å². The van der Waals surface area contributed by atoms with Gasteiger partial charge in [0, 0.05) is 0 Å². The van der Waals surface area contributed by atoms with Gasteiger partial charge in [0.1, 0.15) is 4.87 Å². The Hall–Kier alpha value is -0.220. The van der Waals surface area contributed by atoms with Crippen molar-refractivity contribution in [3.8, 4) is 6.07 Å². The third kappa shape index (κ3) is 3.08. The molecule has 1 nitrogen and oxygen atoms in total. The number of halogens is 1. The highest BCUT2D eigenvalue weighted by atomic mass is 35.5. The van der Waals surface area contributed by atoms with Gasteiger partial charge in [0.2, 0.25) is 0 Å². The van der Waals surface area contributed by atoms with E-state index in [-0.39, 0.29) is 0 Å². The molecule has 0 amide bonds. The molecular formula is C8H14ClN. The average Bonchev–Trinajstić information content (AvgIpc) is 2.00. The zero-order valence-electron chi connectivity index (χ0n) is 6.65. The molecule has 58 valence electrons. The molecule has 10 heavy (non-hydrogen) atoms. The van der Waals surface area contributed by atoms with Gasteiger partial charge in [-0.05, 0) is 12.8 Å². The highest BCUT2D eigenvalue weighted by Crippen LogP contribution is 2.24. The second kappa shape index (κ2) is 4.57. The molecule has 0 aromatic heterocycles. The van der Waals surface area contributed by atoms with Crippen molar-refractivity contribution in [2.24, 2.45) is 0 Å². The minimum atomic E-state index is -0.587. The Morgan fingerprint density at radius 2 is 2.10 bits per heavy atom. The molecule has 0 bridgehead atoms. The van der Waals surface area contributed by atoms with Crippen molar-refractivity contribution in [1.82, 2.24) is 0 Å². The Morgan fingerprint density at radius 3 is 2.40 bits per heavy atom. The van der Waals surface area contributed by atoms with Crippen LogP contribution in [0.25, 0.3) is 0 Å². The topological polar surface area (TPSA) is 23.8 Å². The monoisotopic (exact) mass is 159 g/mol. The molecule has 0 heterocycles. The lowest BCUT2D eigenvalue weighted by molar-refractivity contribution is 0.583. The molecular weight excluding hydrogens is 146 g/mol. The van der Waals surface area contributed by atoms with E-state index in [0.29, 0.717) is 0 Å². The zero-order chi connectivity index (χ0) is 8.04. The minimum absolute atomic E-state index is 0.587. The first-order chi connectivity index (χ1) is 4.68. The lowest BCUT2D eigenvalue weighted by Crippen LogP contribution is -2.16. The summed E-state index contributed by atoms with van der Waals surface area (Å²) in [5, 5.41) is 8.63. The molecule has 0 fully saturated rings. The Bertz CT molecular complexity index is 128. The summed E-state index contributed by atoms with van der Waals surface area (Å²) in [6.45, 7) is 4.05. The number of hydrogen-bond acceptors (Lipinski definition) is 1. The van der Waals surface area contributed by atoms with Crippen LogP contribution in [-0.2, 0) is 0 Å². The predicted molar refractivity (Wildman–Crippen MR) is 44.0 cm³/mol. The van der Waals surface area contributed by atoms with Crippen LogP contribution in [0.3, 0.4) is 0 Å². The van der Waals surface area contributed by atoms with Crippen LogP contribution in [-0.4, -0.2) is 4.87 Å². The maximum atomic E-state index is 8.63. The first-order valence-electron chi connectivity index (χ1n) is 3.78. The van der Waals surface area contributed by atoms with E-state index in [4.69, 9.17) is 16.9 Å². The molecule has 0 rings (SSSR count). The predicted octanol–water partition coefficient (Wildman–Crippen LogP) is 3.09. The Balaban J connectivity index is 3.72. The molecule has 0 aliphatic carbocycles. The third-order valence-electron chi connectivity index (χ3n) is 1.69. The highest BCUT2D eigenvalue weighted by molar-refractivity contribution is 6.25. The van der Waals surface area contributed by atoms with Gasteiger partial charge in [0.05, 0.1) is 6.07 Å². The molecule has 2 heteroatoms. The van der Waals surface area contributed by atoms with Crippen molar-refractivity contribution in [3.05, 3.63) is 0 Å². The number of rotatable bonds is 4. The van der Waals surface area contributed by atoms with E-state index < -0.39 is 4.87 Å². The molecule has 0 saturated carbocycles. The molecule has 0 N–H and O–H groups in total. The second-order valence-corrected chi connectivity index (χ2v) is 3.26. The zero-order valence-corrected chi connectivity index (χ0v) is 7.41. The SMILES string of the molecule is CCCCC(Cl)(C#N)CC. The average molecular weight is 160 g/mol. The first kappa shape index (κ1) is 9.78. The van der Waals surface area contributed by atoms with Crippen LogP contribution < -0.4 is 0 Å². The highest BCUT2D eigenvalue weighted by Gasteiger charge is 2.22. The van der Waals surface area contributed by atoms with Gasteiger partial charge in [-0.1, -0.05) is 26.7 Å². The molecule has 0 aliphatic rings. The van der Waals surface area contributed by atoms with Crippen LogP contribution in [0.15, 0.2) is 0 Å². The van der Waals surface area contributed by atoms with Crippen LogP contribution in [0.1, 0.15) is 39.5 Å². The van der Waals surface area contributed by atoms with Gasteiger partial charge in [0.25, 0.3) is 0 Å². The summed E-state index contributed by atoms with van der Waals surface area (Å²) in [4.78, 5) is -0.587. The number of unbranched alkanes of at least 4 members (excludes halogenated alkanes) is 1. The van der Waals surface area contributed by atoms with Crippen LogP contribution in [0.4, 0.5) is 0 Å². The minimum Gasteiger partial charge on any atom is -0.196 e. The molecule has 1 atom stereocenters. The van der Waals surface area contributed by atoms with E-state index in [1.54, 1.807) is 0 Å². The maximum absolute atomic E-state index is 8.63. The molecule has 1 unspecified atom stereocenters. The lowest BCUT2D eigenvalue weighted by Gasteiger charge is -2.14. The van der Waals surface area contributed by atoms with Gasteiger partial charge < -0.3 is 0 Å². The van der Waals surface area contributed by atoms with Crippen molar-refractivity contribution in [3.63, 3.8) is 0 Å². The molecule has 0 aliphatic heterocycles. The third-order valence-corrected chi connectivity index (χ3v) is 2.23. The summed E-state index contributed by atoms with van der Waals surface area (Å²) in [5.74, 6) is 0. The van der Waals surface area contributed by atoms with Crippen LogP contribution in [0.5, 0.6) is 0 Å². The van der Waals surface area contributed by atoms with Crippen LogP contribution in [0, 0.1) is 11.3 Å². The van der Waals surface area contributed by atoms with Crippen LogP contribution >= 0.6 is 11.6 Å². The van der Waals surface area contributed by atoms with Crippen molar-refractivity contribution < 1.29 is 0 Å². The van der Waals surface area contributed by atoms with Gasteiger partial charge in [-0.25, -0.2) is 0 Å². The molecule has 0 aromatic rings. The van der Waals surface area contributed by atoms with Gasteiger partial charge in [-0.3, -0.25) is 0 Å². The fourth-order valence-electron chi connectivity index (χ4n) is 0.769. The summed E-state index contributed by atoms with van der Waals surface area (Å²) in [5.41, 5.74) is 0. The number of nitrogens with zero attached hydrogens (tertiary/aromatic N) is 1. The fraction of sp³-hybridized carbons (Fsp3) is 0.875. The van der Waals surface area contributed by atoms with E-state index in [1.807, 2.05) is 6.92 Å². The van der Waals surface area contributed by atoms with E-state index >= 15 is 0 Å². The summed E-state index contributed by atoms with van der Waals surface area (Å²) in [6, 6.07) is 2.13. The number of nitriles is 1. The van der Waals surface area contributed by atoms with E-state index in [2.05, 4.69) is 13.0 Å². The standard InChI is InChI=1S/C8H14ClN/c1-3-5-6-8(9,4-2)7-10/h3-6H2,1-2H3. The first-order valence-corrected chi connectivity index (χ1v) is 4.16. The number of alkyl halides is 1. The molecule has 0 spiro atoms. The van der Waals surface area contributed by atoms with E-state index in [9.17, 15) is 0 Å². The van der Waals surface area contributed by atoms with E-state index in [0.717, 1.165) is 25.7 Å². The van der Waals surface area contributed by atoms with Crippen molar-refractivity contribution in [1.29, 1.82) is 5.26 Å². The summed E-state index contributed by atoms with van der Waals surface area (Å²) in [6.07, 6.45) is 3.71. The Morgan fingerprint density at radius 1 is 1.50 bits per heavy atom. The quantitative estimate of drug-likeness (QED) is 0.579. The maximum Gasteiger partial charge on any atom is 0.130 e.